The molecule has 0 fully saturated rings. The molecule has 0 amide bonds. The minimum absolute atomic E-state index is 0.00231. The Morgan fingerprint density at radius 1 is 1.39 bits per heavy atom. The van der Waals surface area contributed by atoms with Crippen molar-refractivity contribution in [2.75, 3.05) is 0 Å². The molecule has 0 saturated heterocycles. The van der Waals surface area contributed by atoms with Crippen LogP contribution < -0.4 is 10.5 Å². The number of ether oxygens (including phenoxy) is 1. The Morgan fingerprint density at radius 3 is 2.44 bits per heavy atom. The van der Waals surface area contributed by atoms with Gasteiger partial charge in [-0.3, -0.25) is 0 Å². The normalized spacial score (nSPS) is 11.7. The fraction of sp³-hybridized carbons (Fsp3) is 0. The number of hydrogen-bond donors (Lipinski definition) is 3. The molecule has 0 spiro atoms. The van der Waals surface area contributed by atoms with E-state index in [0.29, 0.717) is 0 Å². The quantitative estimate of drug-likeness (QED) is 0.196. The number of carboxylic acids is 1. The molecule has 0 aromatic heterocycles. The molecule has 0 saturated carbocycles. The summed E-state index contributed by atoms with van der Waals surface area (Å²) in [4.78, 5) is 22.2. The number of carbonyl (C=O) groups excluding carboxylic acids is 1. The fourth-order valence-electron chi connectivity index (χ4n) is 1.05. The zero-order chi connectivity index (χ0) is 13.9. The van der Waals surface area contributed by atoms with E-state index in [1.54, 1.807) is 0 Å². The zero-order valence-electron chi connectivity index (χ0n) is 8.68. The maximum atomic E-state index is 13.0. The minimum Gasteiger partial charge on any atom is -0.477 e. The lowest BCUT2D eigenvalue weighted by atomic mass is 10.3. The van der Waals surface area contributed by atoms with Crippen LogP contribution in [0.5, 0.6) is 5.75 Å². The highest BCUT2D eigenvalue weighted by atomic mass is 35.5. The molecule has 18 heavy (non-hydrogen) atoms. The minimum atomic E-state index is -1.60. The molecule has 8 heteroatoms. The second-order valence-corrected chi connectivity index (χ2v) is 3.98. The number of thiol groups is 1. The molecule has 0 aliphatic carbocycles. The van der Waals surface area contributed by atoms with E-state index in [4.69, 9.17) is 22.4 Å². The van der Waals surface area contributed by atoms with Gasteiger partial charge in [0, 0.05) is 11.1 Å². The van der Waals surface area contributed by atoms with E-state index in [1.807, 2.05) is 0 Å². The zero-order valence-corrected chi connectivity index (χ0v) is 10.3. The standard InChI is InChI=1S/C10H7ClFNO4S/c11-4-1-5(12)3-6(2-4)17-10(16)7(8(13)18)9(14)15/h1-3,18H,13H2,(H,14,15). The second-order valence-electron chi connectivity index (χ2n) is 3.06. The van der Waals surface area contributed by atoms with Crippen LogP contribution in [0.4, 0.5) is 4.39 Å². The van der Waals surface area contributed by atoms with E-state index in [-0.39, 0.29) is 10.8 Å². The molecule has 0 heterocycles. The van der Waals surface area contributed by atoms with Gasteiger partial charge in [-0.15, -0.1) is 12.6 Å². The van der Waals surface area contributed by atoms with Gasteiger partial charge in [0.1, 0.15) is 11.6 Å². The summed E-state index contributed by atoms with van der Waals surface area (Å²) in [7, 11) is 0. The largest absolute Gasteiger partial charge is 0.477 e. The number of esters is 1. The number of hydrogen-bond acceptors (Lipinski definition) is 5. The molecule has 0 unspecified atom stereocenters. The number of aliphatic carboxylic acids is 1. The number of carbonyl (C=O) groups is 2. The average Bonchev–Trinajstić information content (AvgIpc) is 2.13. The van der Waals surface area contributed by atoms with Gasteiger partial charge in [0.15, 0.2) is 5.57 Å². The van der Waals surface area contributed by atoms with Crippen molar-refractivity contribution in [3.63, 3.8) is 0 Å². The number of halogens is 2. The molecule has 96 valence electrons. The summed E-state index contributed by atoms with van der Waals surface area (Å²) in [6.07, 6.45) is 0. The third-order valence-corrected chi connectivity index (χ3v) is 2.16. The van der Waals surface area contributed by atoms with Gasteiger partial charge in [-0.2, -0.15) is 0 Å². The first-order valence-corrected chi connectivity index (χ1v) is 5.24. The number of carboxylic acid groups (broad SMARTS) is 1. The van der Waals surface area contributed by atoms with Crippen molar-refractivity contribution >= 4 is 36.2 Å². The van der Waals surface area contributed by atoms with Crippen molar-refractivity contribution < 1.29 is 23.8 Å². The Labute approximate surface area is 111 Å². The number of rotatable bonds is 3. The molecule has 0 aliphatic heterocycles. The van der Waals surface area contributed by atoms with Crippen LogP contribution in [0.1, 0.15) is 0 Å². The first kappa shape index (κ1) is 14.3. The topological polar surface area (TPSA) is 89.6 Å². The SMILES string of the molecule is NC(S)=C(C(=O)O)C(=O)Oc1cc(F)cc(Cl)c1. The van der Waals surface area contributed by atoms with Crippen LogP contribution in [-0.2, 0) is 9.59 Å². The first-order valence-electron chi connectivity index (χ1n) is 4.41. The van der Waals surface area contributed by atoms with Crippen molar-refractivity contribution in [3.8, 4) is 5.75 Å². The van der Waals surface area contributed by atoms with Crippen LogP contribution in [0, 0.1) is 5.82 Å². The van der Waals surface area contributed by atoms with E-state index in [1.165, 1.54) is 0 Å². The molecule has 1 rings (SSSR count). The molecule has 5 nitrogen and oxygen atoms in total. The average molecular weight is 292 g/mol. The Morgan fingerprint density at radius 2 is 2.00 bits per heavy atom. The molecule has 1 aromatic carbocycles. The van der Waals surface area contributed by atoms with Gasteiger partial charge in [-0.25, -0.2) is 14.0 Å². The molecule has 1 aromatic rings. The summed E-state index contributed by atoms with van der Waals surface area (Å²) >= 11 is 9.09. The van der Waals surface area contributed by atoms with Crippen LogP contribution in [0.3, 0.4) is 0 Å². The van der Waals surface area contributed by atoms with E-state index in [2.05, 4.69) is 17.4 Å². The van der Waals surface area contributed by atoms with Crippen LogP contribution in [-0.4, -0.2) is 17.0 Å². The Kier molecular flexibility index (Phi) is 4.57. The third kappa shape index (κ3) is 3.64. The maximum Gasteiger partial charge on any atom is 0.353 e. The molecular weight excluding hydrogens is 285 g/mol. The van der Waals surface area contributed by atoms with Gasteiger partial charge in [-0.1, -0.05) is 11.6 Å². The predicted octanol–water partition coefficient (Wildman–Crippen LogP) is 1.57. The van der Waals surface area contributed by atoms with E-state index < -0.39 is 28.4 Å². The molecule has 0 aliphatic rings. The Hall–Kier alpha value is -1.73. The highest BCUT2D eigenvalue weighted by Crippen LogP contribution is 2.21. The van der Waals surface area contributed by atoms with E-state index in [9.17, 15) is 14.0 Å². The van der Waals surface area contributed by atoms with E-state index >= 15 is 0 Å². The lowest BCUT2D eigenvalue weighted by molar-refractivity contribution is -0.138. The lowest BCUT2D eigenvalue weighted by Gasteiger charge is -2.06. The van der Waals surface area contributed by atoms with Crippen molar-refractivity contribution in [3.05, 3.63) is 39.6 Å². The lowest BCUT2D eigenvalue weighted by Crippen LogP contribution is -2.21. The van der Waals surface area contributed by atoms with Gasteiger partial charge in [-0.05, 0) is 12.1 Å². The first-order chi connectivity index (χ1) is 8.31. The van der Waals surface area contributed by atoms with Crippen molar-refractivity contribution in [2.24, 2.45) is 5.73 Å². The summed E-state index contributed by atoms with van der Waals surface area (Å²) in [6.45, 7) is 0. The molecule has 0 atom stereocenters. The predicted molar refractivity (Wildman–Crippen MR) is 64.9 cm³/mol. The molecular formula is C10H7ClFNO4S. The summed E-state index contributed by atoms with van der Waals surface area (Å²) < 4.78 is 17.6. The number of benzene rings is 1. The smallest absolute Gasteiger partial charge is 0.353 e. The monoisotopic (exact) mass is 291 g/mol. The molecule has 0 bridgehead atoms. The van der Waals surface area contributed by atoms with Crippen molar-refractivity contribution in [2.45, 2.75) is 0 Å². The fourth-order valence-corrected chi connectivity index (χ4v) is 1.45. The highest BCUT2D eigenvalue weighted by Gasteiger charge is 2.23. The summed E-state index contributed by atoms with van der Waals surface area (Å²) in [5, 5.41) is 8.19. The van der Waals surface area contributed by atoms with Crippen molar-refractivity contribution in [1.29, 1.82) is 0 Å². The van der Waals surface area contributed by atoms with Gasteiger partial charge < -0.3 is 15.6 Å². The summed E-state index contributed by atoms with van der Waals surface area (Å²) in [5.74, 6) is -3.84. The Bertz CT molecular complexity index is 522. The van der Waals surface area contributed by atoms with E-state index in [0.717, 1.165) is 18.2 Å². The molecule has 0 radical (unpaired) electrons. The molecule has 3 N–H and O–H groups in total. The van der Waals surface area contributed by atoms with Gasteiger partial charge >= 0.3 is 11.9 Å². The summed E-state index contributed by atoms with van der Waals surface area (Å²) in [5.41, 5.74) is 4.27. The maximum absolute atomic E-state index is 13.0. The number of nitrogens with two attached hydrogens (primary N) is 1. The Balaban J connectivity index is 3.01. The van der Waals surface area contributed by atoms with Crippen LogP contribution >= 0.6 is 24.2 Å². The van der Waals surface area contributed by atoms with Crippen molar-refractivity contribution in [1.82, 2.24) is 0 Å². The van der Waals surface area contributed by atoms with Crippen LogP contribution in [0.2, 0.25) is 5.02 Å². The highest BCUT2D eigenvalue weighted by molar-refractivity contribution is 7.84. The van der Waals surface area contributed by atoms with Crippen LogP contribution in [0.25, 0.3) is 0 Å². The third-order valence-electron chi connectivity index (χ3n) is 1.72. The van der Waals surface area contributed by atoms with Gasteiger partial charge in [0.25, 0.3) is 0 Å². The van der Waals surface area contributed by atoms with Gasteiger partial charge in [0.05, 0.1) is 5.03 Å². The summed E-state index contributed by atoms with van der Waals surface area (Å²) in [6, 6.07) is 3.02. The second kappa shape index (κ2) is 5.74. The van der Waals surface area contributed by atoms with Crippen LogP contribution in [0.15, 0.2) is 28.8 Å². The van der Waals surface area contributed by atoms with Gasteiger partial charge in [0.2, 0.25) is 0 Å².